The Bertz CT molecular complexity index is 1090. The zero-order valence-electron chi connectivity index (χ0n) is 17.0. The van der Waals surface area contributed by atoms with Crippen LogP contribution in [0.4, 0.5) is 4.39 Å². The number of nitrogens with zero attached hydrogens (tertiary/aromatic N) is 2. The van der Waals surface area contributed by atoms with Gasteiger partial charge in [0.1, 0.15) is 5.65 Å². The molecule has 1 aromatic carbocycles. The lowest BCUT2D eigenvalue weighted by atomic mass is 9.70. The molecule has 2 N–H and O–H groups in total. The molecular formula is C23H25ClFN3O2. The van der Waals surface area contributed by atoms with E-state index in [-0.39, 0.29) is 17.7 Å². The predicted molar refractivity (Wildman–Crippen MR) is 115 cm³/mol. The monoisotopic (exact) mass is 429 g/mol. The molecule has 0 spiro atoms. The summed E-state index contributed by atoms with van der Waals surface area (Å²) in [5.74, 6) is -0.318. The topological polar surface area (TPSA) is 61.4 Å². The molecule has 0 bridgehead atoms. The maximum atomic E-state index is 14.3. The van der Waals surface area contributed by atoms with Crippen molar-refractivity contribution in [3.05, 3.63) is 53.1 Å². The number of hydrogen-bond acceptors (Lipinski definition) is 4. The first-order valence-electron chi connectivity index (χ1n) is 10.4. The lowest BCUT2D eigenvalue weighted by Gasteiger charge is -2.51. The lowest BCUT2D eigenvalue weighted by molar-refractivity contribution is -0.151. The Balaban J connectivity index is 1.51. The van der Waals surface area contributed by atoms with Crippen molar-refractivity contribution in [2.45, 2.75) is 25.5 Å². The Labute approximate surface area is 179 Å². The minimum absolute atomic E-state index is 0.0138. The molecule has 2 unspecified atom stereocenters. The Kier molecular flexibility index (Phi) is 4.86. The van der Waals surface area contributed by atoms with Crippen molar-refractivity contribution in [3.8, 4) is 11.1 Å². The number of aromatic nitrogens is 2. The first-order chi connectivity index (χ1) is 14.4. The zero-order chi connectivity index (χ0) is 21.0. The summed E-state index contributed by atoms with van der Waals surface area (Å²) >= 11 is 6.72. The number of likely N-dealkylation sites (tertiary alicyclic amines) is 1. The van der Waals surface area contributed by atoms with E-state index in [1.807, 2.05) is 18.2 Å². The van der Waals surface area contributed by atoms with Crippen LogP contribution in [0.15, 0.2) is 36.7 Å². The molecule has 2 saturated heterocycles. The molecule has 0 amide bonds. The van der Waals surface area contributed by atoms with Gasteiger partial charge in [0.05, 0.1) is 30.2 Å². The van der Waals surface area contributed by atoms with Crippen molar-refractivity contribution in [1.29, 1.82) is 0 Å². The minimum atomic E-state index is -1.02. The van der Waals surface area contributed by atoms with Crippen molar-refractivity contribution < 1.29 is 14.2 Å². The third-order valence-electron chi connectivity index (χ3n) is 6.89. The smallest absolute Gasteiger partial charge is 0.150 e. The average molecular weight is 430 g/mol. The highest BCUT2D eigenvalue weighted by Gasteiger charge is 2.48. The van der Waals surface area contributed by atoms with E-state index in [0.29, 0.717) is 22.1 Å². The number of fused-ring (bicyclic) bond motifs is 1. The van der Waals surface area contributed by atoms with Gasteiger partial charge in [-0.3, -0.25) is 4.90 Å². The summed E-state index contributed by atoms with van der Waals surface area (Å²) in [6.07, 6.45) is 2.96. The SMILES string of the molecule is CC1CN(C2COC2)CC(C)C1(O)c1ccc(-c2ccnc3[nH]cc(F)c23)cc1Cl. The van der Waals surface area contributed by atoms with E-state index in [1.54, 1.807) is 12.3 Å². The van der Waals surface area contributed by atoms with E-state index in [1.165, 1.54) is 6.20 Å². The molecule has 2 atom stereocenters. The number of rotatable bonds is 3. The number of nitrogens with one attached hydrogen (secondary N) is 1. The van der Waals surface area contributed by atoms with Crippen LogP contribution in [0.5, 0.6) is 0 Å². The molecule has 7 heteroatoms. The van der Waals surface area contributed by atoms with Gasteiger partial charge in [-0.25, -0.2) is 9.37 Å². The fourth-order valence-corrected chi connectivity index (χ4v) is 5.40. The largest absolute Gasteiger partial charge is 0.384 e. The highest BCUT2D eigenvalue weighted by molar-refractivity contribution is 6.31. The summed E-state index contributed by atoms with van der Waals surface area (Å²) in [6, 6.07) is 7.85. The molecule has 4 heterocycles. The van der Waals surface area contributed by atoms with Crippen LogP contribution in [0.25, 0.3) is 22.2 Å². The second kappa shape index (κ2) is 7.31. The molecule has 0 aliphatic carbocycles. The van der Waals surface area contributed by atoms with E-state index < -0.39 is 5.60 Å². The van der Waals surface area contributed by atoms with Crippen molar-refractivity contribution in [1.82, 2.24) is 14.9 Å². The molecule has 30 heavy (non-hydrogen) atoms. The quantitative estimate of drug-likeness (QED) is 0.655. The second-order valence-corrected chi connectivity index (χ2v) is 9.09. The molecule has 0 saturated carbocycles. The van der Waals surface area contributed by atoms with Crippen LogP contribution < -0.4 is 0 Å². The van der Waals surface area contributed by atoms with Crippen LogP contribution in [-0.2, 0) is 10.3 Å². The first kappa shape index (κ1) is 19.9. The number of aliphatic hydroxyl groups is 1. The number of H-pyrrole nitrogens is 1. The Morgan fingerprint density at radius 1 is 1.23 bits per heavy atom. The van der Waals surface area contributed by atoms with Gasteiger partial charge in [-0.1, -0.05) is 37.6 Å². The van der Waals surface area contributed by atoms with Gasteiger partial charge in [0.25, 0.3) is 0 Å². The third kappa shape index (κ3) is 2.97. The van der Waals surface area contributed by atoms with Crippen LogP contribution in [0.2, 0.25) is 5.02 Å². The molecule has 158 valence electrons. The van der Waals surface area contributed by atoms with Crippen LogP contribution in [0, 0.1) is 17.7 Å². The summed E-state index contributed by atoms with van der Waals surface area (Å²) < 4.78 is 19.6. The normalized spacial score (nSPS) is 28.0. The van der Waals surface area contributed by atoms with Crippen molar-refractivity contribution in [3.63, 3.8) is 0 Å². The summed E-state index contributed by atoms with van der Waals surface area (Å²) in [7, 11) is 0. The van der Waals surface area contributed by atoms with Gasteiger partial charge in [-0.15, -0.1) is 0 Å². The maximum absolute atomic E-state index is 14.3. The van der Waals surface area contributed by atoms with E-state index in [2.05, 4.69) is 28.7 Å². The standard InChI is InChI=1S/C23H25ClFN3O2/c1-13-9-28(16-11-30-12-16)10-14(2)23(13,29)18-4-3-15(7-19(18)24)17-5-6-26-22-21(17)20(25)8-27-22/h3-8,13-14,16,29H,9-12H2,1-2H3,(H,26,27). The maximum Gasteiger partial charge on any atom is 0.150 e. The van der Waals surface area contributed by atoms with Crippen molar-refractivity contribution in [2.24, 2.45) is 11.8 Å². The fraction of sp³-hybridized carbons (Fsp3) is 0.435. The number of aromatic amines is 1. The van der Waals surface area contributed by atoms with Gasteiger partial charge >= 0.3 is 0 Å². The van der Waals surface area contributed by atoms with Crippen LogP contribution in [0.1, 0.15) is 19.4 Å². The van der Waals surface area contributed by atoms with Crippen molar-refractivity contribution >= 4 is 22.6 Å². The van der Waals surface area contributed by atoms with Gasteiger partial charge < -0.3 is 14.8 Å². The molecule has 3 aromatic rings. The van der Waals surface area contributed by atoms with Gasteiger partial charge in [-0.05, 0) is 23.3 Å². The Morgan fingerprint density at radius 3 is 2.60 bits per heavy atom. The summed E-state index contributed by atoms with van der Waals surface area (Å²) in [5, 5.41) is 12.7. The van der Waals surface area contributed by atoms with E-state index in [9.17, 15) is 9.50 Å². The van der Waals surface area contributed by atoms with E-state index in [0.717, 1.165) is 43.0 Å². The Hall–Kier alpha value is -1.99. The number of hydrogen-bond donors (Lipinski definition) is 2. The second-order valence-electron chi connectivity index (χ2n) is 8.69. The number of benzene rings is 1. The zero-order valence-corrected chi connectivity index (χ0v) is 17.8. The summed E-state index contributed by atoms with van der Waals surface area (Å²) in [6.45, 7) is 7.29. The highest BCUT2D eigenvalue weighted by atomic mass is 35.5. The van der Waals surface area contributed by atoms with E-state index >= 15 is 0 Å². The molecular weight excluding hydrogens is 405 g/mol. The Morgan fingerprint density at radius 2 is 1.97 bits per heavy atom. The number of halogens is 2. The van der Waals surface area contributed by atoms with Gasteiger partial charge in [0.2, 0.25) is 0 Å². The number of piperidine rings is 1. The predicted octanol–water partition coefficient (Wildman–Crippen LogP) is 4.20. The van der Waals surface area contributed by atoms with Gasteiger partial charge in [0, 0.05) is 47.9 Å². The molecule has 2 fully saturated rings. The molecule has 0 radical (unpaired) electrons. The van der Waals surface area contributed by atoms with Crippen LogP contribution in [0.3, 0.4) is 0 Å². The molecule has 5 nitrogen and oxygen atoms in total. The molecule has 2 aromatic heterocycles. The fourth-order valence-electron chi connectivity index (χ4n) is 5.07. The molecule has 2 aliphatic rings. The van der Waals surface area contributed by atoms with Gasteiger partial charge in [0.15, 0.2) is 5.82 Å². The third-order valence-corrected chi connectivity index (χ3v) is 7.21. The highest BCUT2D eigenvalue weighted by Crippen LogP contribution is 2.45. The van der Waals surface area contributed by atoms with E-state index in [4.69, 9.17) is 16.3 Å². The number of pyridine rings is 1. The first-order valence-corrected chi connectivity index (χ1v) is 10.7. The van der Waals surface area contributed by atoms with Crippen molar-refractivity contribution in [2.75, 3.05) is 26.3 Å². The summed E-state index contributed by atoms with van der Waals surface area (Å²) in [4.78, 5) is 9.44. The minimum Gasteiger partial charge on any atom is -0.384 e. The average Bonchev–Trinajstić information content (AvgIpc) is 3.06. The van der Waals surface area contributed by atoms with Crippen LogP contribution in [-0.4, -0.2) is 52.3 Å². The molecule has 2 aliphatic heterocycles. The van der Waals surface area contributed by atoms with Gasteiger partial charge in [-0.2, -0.15) is 0 Å². The summed E-state index contributed by atoms with van der Waals surface area (Å²) in [5.41, 5.74) is 1.72. The lowest BCUT2D eigenvalue weighted by Crippen LogP contribution is -2.60. The van der Waals surface area contributed by atoms with Crippen LogP contribution >= 0.6 is 11.6 Å². The molecule has 5 rings (SSSR count). The number of ether oxygens (including phenoxy) is 1.